The van der Waals surface area contributed by atoms with E-state index in [-0.39, 0.29) is 0 Å². The van der Waals surface area contributed by atoms with Crippen LogP contribution in [0.5, 0.6) is 0 Å². The maximum atomic E-state index is 5.47. The summed E-state index contributed by atoms with van der Waals surface area (Å²) in [7, 11) is 0. The maximum Gasteiger partial charge on any atom is 0.191 e. The minimum Gasteiger partial charge on any atom is -0.361 e. The number of aliphatic imine (C=N–C) groups is 1. The summed E-state index contributed by atoms with van der Waals surface area (Å²) in [6.45, 7) is 9.11. The Labute approximate surface area is 194 Å². The van der Waals surface area contributed by atoms with Crippen LogP contribution < -0.4 is 10.6 Å². The number of fused-ring (bicyclic) bond motifs is 1. The Kier molecular flexibility index (Phi) is 7.40. The van der Waals surface area contributed by atoms with E-state index in [0.29, 0.717) is 13.1 Å². The van der Waals surface area contributed by atoms with Crippen LogP contribution >= 0.6 is 0 Å². The first-order valence-corrected chi connectivity index (χ1v) is 11.7. The molecule has 7 nitrogen and oxygen atoms in total. The lowest BCUT2D eigenvalue weighted by Crippen LogP contribution is -2.37. The molecule has 4 aromatic rings. The SMILES string of the molecule is CCNC(=NCc1ccc(Cn2cnc3ccccc32)cc1)NCc1c(CC)noc1CC. The molecule has 0 aliphatic carbocycles. The highest BCUT2D eigenvalue weighted by Gasteiger charge is 2.13. The summed E-state index contributed by atoms with van der Waals surface area (Å²) in [6.07, 6.45) is 3.59. The van der Waals surface area contributed by atoms with Crippen LogP contribution in [0, 0.1) is 0 Å². The molecule has 2 aromatic heterocycles. The Morgan fingerprint density at radius 3 is 2.52 bits per heavy atom. The fourth-order valence-electron chi connectivity index (χ4n) is 3.91. The monoisotopic (exact) mass is 444 g/mol. The summed E-state index contributed by atoms with van der Waals surface area (Å²) in [4.78, 5) is 9.25. The highest BCUT2D eigenvalue weighted by atomic mass is 16.5. The fourth-order valence-corrected chi connectivity index (χ4v) is 3.91. The molecule has 7 heteroatoms. The summed E-state index contributed by atoms with van der Waals surface area (Å²) in [5, 5.41) is 10.9. The molecule has 2 heterocycles. The third kappa shape index (κ3) is 5.42. The lowest BCUT2D eigenvalue weighted by molar-refractivity contribution is 0.380. The van der Waals surface area contributed by atoms with Crippen LogP contribution in [0.2, 0.25) is 0 Å². The molecule has 0 radical (unpaired) electrons. The Morgan fingerprint density at radius 2 is 1.76 bits per heavy atom. The second kappa shape index (κ2) is 10.8. The first-order chi connectivity index (χ1) is 16.2. The van der Waals surface area contributed by atoms with Crippen molar-refractivity contribution in [1.82, 2.24) is 25.3 Å². The molecule has 0 spiro atoms. The molecule has 0 aliphatic heterocycles. The molecule has 0 amide bonds. The quantitative estimate of drug-likeness (QED) is 0.294. The standard InChI is InChI=1S/C26H32N6O/c1-4-22-21(25(5-2)33-31-22)16-29-26(27-6-3)28-15-19-11-13-20(14-12-19)17-32-18-30-23-9-7-8-10-24(23)32/h7-14,18H,4-6,15-17H2,1-3H3,(H2,27,28,29). The Morgan fingerprint density at radius 1 is 0.970 bits per heavy atom. The second-order valence-electron chi connectivity index (χ2n) is 7.96. The van der Waals surface area contributed by atoms with Gasteiger partial charge in [0.2, 0.25) is 0 Å². The smallest absolute Gasteiger partial charge is 0.191 e. The minimum atomic E-state index is 0.606. The van der Waals surface area contributed by atoms with Gasteiger partial charge in [-0.15, -0.1) is 0 Å². The van der Waals surface area contributed by atoms with Crippen molar-refractivity contribution >= 4 is 17.0 Å². The highest BCUT2D eigenvalue weighted by molar-refractivity contribution is 5.79. The summed E-state index contributed by atoms with van der Waals surface area (Å²) < 4.78 is 7.65. The minimum absolute atomic E-state index is 0.606. The fraction of sp³-hybridized carbons (Fsp3) is 0.346. The van der Waals surface area contributed by atoms with Crippen LogP contribution in [0.4, 0.5) is 0 Å². The van der Waals surface area contributed by atoms with E-state index in [1.54, 1.807) is 0 Å². The summed E-state index contributed by atoms with van der Waals surface area (Å²) in [5.74, 6) is 1.73. The van der Waals surface area contributed by atoms with Crippen LogP contribution in [0.1, 0.15) is 48.9 Å². The summed E-state index contributed by atoms with van der Waals surface area (Å²) in [5.41, 5.74) is 6.73. The van der Waals surface area contributed by atoms with Gasteiger partial charge in [0, 0.05) is 31.6 Å². The number of aryl methyl sites for hydroxylation is 2. The van der Waals surface area contributed by atoms with Crippen LogP contribution in [0.3, 0.4) is 0 Å². The number of aromatic nitrogens is 3. The number of benzene rings is 2. The molecular weight excluding hydrogens is 412 g/mol. The van der Waals surface area contributed by atoms with E-state index in [2.05, 4.69) is 76.4 Å². The molecular formula is C26H32N6O. The number of nitrogens with one attached hydrogen (secondary N) is 2. The molecule has 0 aliphatic rings. The van der Waals surface area contributed by atoms with E-state index in [4.69, 9.17) is 9.52 Å². The van der Waals surface area contributed by atoms with Gasteiger partial charge in [-0.2, -0.15) is 0 Å². The number of hydrogen-bond donors (Lipinski definition) is 2. The summed E-state index contributed by atoms with van der Waals surface area (Å²) in [6, 6.07) is 16.8. The van der Waals surface area contributed by atoms with E-state index in [9.17, 15) is 0 Å². The molecule has 2 aromatic carbocycles. The van der Waals surface area contributed by atoms with Crippen LogP contribution in [-0.2, 0) is 32.5 Å². The van der Waals surface area contributed by atoms with Gasteiger partial charge in [0.15, 0.2) is 5.96 Å². The Bertz CT molecular complexity index is 1180. The van der Waals surface area contributed by atoms with Gasteiger partial charge in [-0.25, -0.2) is 9.98 Å². The zero-order chi connectivity index (χ0) is 23.0. The van der Waals surface area contributed by atoms with Gasteiger partial charge in [0.25, 0.3) is 0 Å². The van der Waals surface area contributed by atoms with Gasteiger partial charge in [-0.1, -0.05) is 55.4 Å². The normalized spacial score (nSPS) is 11.8. The number of para-hydroxylation sites is 2. The maximum absolute atomic E-state index is 5.47. The number of imidazole rings is 1. The lowest BCUT2D eigenvalue weighted by Gasteiger charge is -2.12. The predicted octanol–water partition coefficient (Wildman–Crippen LogP) is 4.45. The largest absolute Gasteiger partial charge is 0.361 e. The topological polar surface area (TPSA) is 80.3 Å². The van der Waals surface area contributed by atoms with E-state index < -0.39 is 0 Å². The van der Waals surface area contributed by atoms with Crippen molar-refractivity contribution in [3.8, 4) is 0 Å². The zero-order valence-electron chi connectivity index (χ0n) is 19.6. The third-order valence-electron chi connectivity index (χ3n) is 5.71. The highest BCUT2D eigenvalue weighted by Crippen LogP contribution is 2.16. The van der Waals surface area contributed by atoms with Crippen molar-refractivity contribution < 1.29 is 4.52 Å². The first kappa shape index (κ1) is 22.6. The third-order valence-corrected chi connectivity index (χ3v) is 5.71. The molecule has 2 N–H and O–H groups in total. The summed E-state index contributed by atoms with van der Waals surface area (Å²) >= 11 is 0. The average Bonchev–Trinajstić information content (AvgIpc) is 3.45. The number of hydrogen-bond acceptors (Lipinski definition) is 4. The molecule has 0 bridgehead atoms. The van der Waals surface area contributed by atoms with Crippen LogP contribution in [0.15, 0.2) is 64.4 Å². The van der Waals surface area contributed by atoms with Crippen LogP contribution in [0.25, 0.3) is 11.0 Å². The predicted molar refractivity (Wildman–Crippen MR) is 132 cm³/mol. The lowest BCUT2D eigenvalue weighted by atomic mass is 10.1. The van der Waals surface area contributed by atoms with Gasteiger partial charge in [0.1, 0.15) is 5.76 Å². The molecule has 0 saturated carbocycles. The van der Waals surface area contributed by atoms with Crippen molar-refractivity contribution in [2.45, 2.75) is 53.2 Å². The average molecular weight is 445 g/mol. The molecule has 0 fully saturated rings. The first-order valence-electron chi connectivity index (χ1n) is 11.7. The van der Waals surface area contributed by atoms with Gasteiger partial charge < -0.3 is 19.7 Å². The van der Waals surface area contributed by atoms with Crippen molar-refractivity contribution in [2.24, 2.45) is 4.99 Å². The molecule has 0 saturated heterocycles. The number of guanidine groups is 1. The Balaban J connectivity index is 1.39. The molecule has 0 atom stereocenters. The van der Waals surface area contributed by atoms with Crippen molar-refractivity contribution in [3.63, 3.8) is 0 Å². The van der Waals surface area contributed by atoms with E-state index in [1.165, 1.54) is 11.1 Å². The van der Waals surface area contributed by atoms with Gasteiger partial charge >= 0.3 is 0 Å². The van der Waals surface area contributed by atoms with Crippen molar-refractivity contribution in [3.05, 3.63) is 83.0 Å². The van der Waals surface area contributed by atoms with Gasteiger partial charge in [0.05, 0.1) is 29.6 Å². The van der Waals surface area contributed by atoms with E-state index in [1.807, 2.05) is 24.5 Å². The molecule has 172 valence electrons. The second-order valence-corrected chi connectivity index (χ2v) is 7.96. The van der Waals surface area contributed by atoms with E-state index in [0.717, 1.165) is 59.9 Å². The van der Waals surface area contributed by atoms with Gasteiger partial charge in [-0.3, -0.25) is 0 Å². The zero-order valence-corrected chi connectivity index (χ0v) is 19.6. The number of nitrogens with zero attached hydrogens (tertiary/aromatic N) is 4. The number of rotatable bonds is 9. The molecule has 4 rings (SSSR count). The molecule has 0 unspecified atom stereocenters. The Hall–Kier alpha value is -3.61. The van der Waals surface area contributed by atoms with Gasteiger partial charge in [-0.05, 0) is 36.6 Å². The van der Waals surface area contributed by atoms with Crippen molar-refractivity contribution in [1.29, 1.82) is 0 Å². The molecule has 33 heavy (non-hydrogen) atoms. The van der Waals surface area contributed by atoms with E-state index >= 15 is 0 Å². The van der Waals surface area contributed by atoms with Crippen LogP contribution in [-0.4, -0.2) is 27.2 Å². The van der Waals surface area contributed by atoms with Crippen molar-refractivity contribution in [2.75, 3.05) is 6.54 Å².